The Morgan fingerprint density at radius 1 is 1.03 bits per heavy atom. The number of piperidine rings is 1. The number of hydrogen-bond donors (Lipinski definition) is 1. The molecule has 1 spiro atoms. The summed E-state index contributed by atoms with van der Waals surface area (Å²) in [7, 11) is 0. The van der Waals surface area contributed by atoms with E-state index in [1.807, 2.05) is 30.3 Å². The molecule has 0 radical (unpaired) electrons. The molecule has 0 atom stereocenters. The minimum Gasteiger partial charge on any atom is -0.339 e. The molecule has 4 nitrogen and oxygen atoms in total. The Balaban J connectivity index is 1.52. The van der Waals surface area contributed by atoms with Gasteiger partial charge in [0.15, 0.2) is 0 Å². The molecule has 30 heavy (non-hydrogen) atoms. The number of carbonyl (C=O) groups is 1. The second-order valence-corrected chi connectivity index (χ2v) is 9.11. The number of pyridine rings is 1. The summed E-state index contributed by atoms with van der Waals surface area (Å²) in [6, 6.07) is 16.4. The number of benzene rings is 2. The van der Waals surface area contributed by atoms with Crippen LogP contribution >= 0.6 is 0 Å². The number of aryl methyl sites for hydroxylation is 2. The van der Waals surface area contributed by atoms with E-state index in [2.05, 4.69) is 42.3 Å². The van der Waals surface area contributed by atoms with Crippen molar-refractivity contribution in [1.82, 2.24) is 15.2 Å². The predicted molar refractivity (Wildman–Crippen MR) is 122 cm³/mol. The first-order valence-corrected chi connectivity index (χ1v) is 11.0. The van der Waals surface area contributed by atoms with Gasteiger partial charge in [-0.15, -0.1) is 0 Å². The molecule has 5 rings (SSSR count). The highest BCUT2D eigenvalue weighted by atomic mass is 16.2. The molecule has 2 saturated heterocycles. The maximum Gasteiger partial charge on any atom is 0.254 e. The number of amides is 1. The summed E-state index contributed by atoms with van der Waals surface area (Å²) in [4.78, 5) is 20.6. The maximum atomic E-state index is 13.6. The van der Waals surface area contributed by atoms with Crippen LogP contribution in [0.15, 0.2) is 48.5 Å². The molecule has 0 aliphatic carbocycles. The van der Waals surface area contributed by atoms with Crippen LogP contribution in [0.3, 0.4) is 0 Å². The van der Waals surface area contributed by atoms with Gasteiger partial charge in [-0.05, 0) is 62.8 Å². The highest BCUT2D eigenvalue weighted by molar-refractivity contribution is 6.07. The lowest BCUT2D eigenvalue weighted by molar-refractivity contribution is 0.0609. The molecule has 4 heteroatoms. The highest BCUT2D eigenvalue weighted by Gasteiger charge is 2.38. The molecular formula is C26H29N3O. The van der Waals surface area contributed by atoms with E-state index in [9.17, 15) is 4.79 Å². The lowest BCUT2D eigenvalue weighted by Crippen LogP contribution is -2.44. The fraction of sp³-hybridized carbons (Fsp3) is 0.385. The van der Waals surface area contributed by atoms with Crippen molar-refractivity contribution in [2.45, 2.75) is 33.1 Å². The molecule has 2 aromatic carbocycles. The number of para-hydroxylation sites is 1. The maximum absolute atomic E-state index is 13.6. The van der Waals surface area contributed by atoms with Crippen molar-refractivity contribution in [3.8, 4) is 11.3 Å². The molecule has 0 unspecified atom stereocenters. The van der Waals surface area contributed by atoms with Gasteiger partial charge in [-0.2, -0.15) is 0 Å². The molecule has 154 valence electrons. The van der Waals surface area contributed by atoms with Crippen molar-refractivity contribution in [3.05, 3.63) is 65.2 Å². The zero-order valence-electron chi connectivity index (χ0n) is 17.9. The summed E-state index contributed by atoms with van der Waals surface area (Å²) < 4.78 is 0. The number of nitrogens with zero attached hydrogens (tertiary/aromatic N) is 2. The zero-order valence-corrected chi connectivity index (χ0v) is 17.9. The summed E-state index contributed by atoms with van der Waals surface area (Å²) in [5, 5.41) is 4.45. The molecule has 0 bridgehead atoms. The van der Waals surface area contributed by atoms with E-state index in [0.29, 0.717) is 5.41 Å². The van der Waals surface area contributed by atoms with Gasteiger partial charge in [0.2, 0.25) is 0 Å². The highest BCUT2D eigenvalue weighted by Crippen LogP contribution is 2.38. The molecule has 1 N–H and O–H groups in total. The fourth-order valence-corrected chi connectivity index (χ4v) is 5.17. The first kappa shape index (κ1) is 19.3. The Kier molecular flexibility index (Phi) is 4.82. The number of carbonyl (C=O) groups excluding carboxylic acids is 1. The van der Waals surface area contributed by atoms with Crippen LogP contribution in [0, 0.1) is 19.3 Å². The minimum atomic E-state index is 0.139. The Bertz CT molecular complexity index is 1100. The van der Waals surface area contributed by atoms with E-state index in [1.54, 1.807) is 0 Å². The van der Waals surface area contributed by atoms with Crippen LogP contribution in [0.5, 0.6) is 0 Å². The monoisotopic (exact) mass is 399 g/mol. The summed E-state index contributed by atoms with van der Waals surface area (Å²) >= 11 is 0. The average molecular weight is 400 g/mol. The van der Waals surface area contributed by atoms with Crippen LogP contribution in [0.25, 0.3) is 22.2 Å². The van der Waals surface area contributed by atoms with Gasteiger partial charge in [0.25, 0.3) is 5.91 Å². The van der Waals surface area contributed by atoms with Gasteiger partial charge in [0, 0.05) is 30.6 Å². The predicted octanol–water partition coefficient (Wildman–Crippen LogP) is 4.73. The lowest BCUT2D eigenvalue weighted by Gasteiger charge is -2.39. The second kappa shape index (κ2) is 7.51. The third-order valence-corrected chi connectivity index (χ3v) is 7.05. The topological polar surface area (TPSA) is 45.2 Å². The van der Waals surface area contributed by atoms with Crippen molar-refractivity contribution >= 4 is 16.8 Å². The Labute approximate surface area is 178 Å². The Morgan fingerprint density at radius 2 is 1.83 bits per heavy atom. The summed E-state index contributed by atoms with van der Waals surface area (Å²) in [6.07, 6.45) is 3.43. The van der Waals surface area contributed by atoms with Gasteiger partial charge in [-0.25, -0.2) is 4.98 Å². The Morgan fingerprint density at radius 3 is 2.57 bits per heavy atom. The van der Waals surface area contributed by atoms with Gasteiger partial charge in [-0.3, -0.25) is 4.79 Å². The SMILES string of the molecule is Cc1ccc(-c2cc(C(=O)N3CCC4(CCNC4)CC3)c3ccccc3n2)c(C)c1. The first-order valence-electron chi connectivity index (χ1n) is 11.0. The first-order chi connectivity index (χ1) is 14.5. The van der Waals surface area contributed by atoms with E-state index >= 15 is 0 Å². The smallest absolute Gasteiger partial charge is 0.254 e. The molecule has 3 aromatic rings. The van der Waals surface area contributed by atoms with E-state index in [-0.39, 0.29) is 5.91 Å². The minimum absolute atomic E-state index is 0.139. The van der Waals surface area contributed by atoms with Gasteiger partial charge in [-0.1, -0.05) is 42.0 Å². The van der Waals surface area contributed by atoms with Crippen molar-refractivity contribution in [3.63, 3.8) is 0 Å². The molecule has 1 amide bonds. The Hall–Kier alpha value is -2.72. The molecule has 2 aliphatic heterocycles. The number of fused-ring (bicyclic) bond motifs is 1. The number of hydrogen-bond acceptors (Lipinski definition) is 3. The molecule has 3 heterocycles. The van der Waals surface area contributed by atoms with Crippen LogP contribution in [0.2, 0.25) is 0 Å². The number of rotatable bonds is 2. The largest absolute Gasteiger partial charge is 0.339 e. The van der Waals surface area contributed by atoms with Gasteiger partial charge >= 0.3 is 0 Å². The molecule has 0 saturated carbocycles. The van der Waals surface area contributed by atoms with Crippen molar-refractivity contribution < 1.29 is 4.79 Å². The number of aromatic nitrogens is 1. The molecular weight excluding hydrogens is 370 g/mol. The van der Waals surface area contributed by atoms with Crippen LogP contribution in [0.1, 0.15) is 40.7 Å². The van der Waals surface area contributed by atoms with Gasteiger partial charge in [0.05, 0.1) is 16.8 Å². The van der Waals surface area contributed by atoms with E-state index in [1.165, 1.54) is 17.5 Å². The third kappa shape index (κ3) is 3.39. The standard InChI is InChI=1S/C26H29N3O/c1-18-7-8-20(19(2)15-18)24-16-22(21-5-3-4-6-23(21)28-24)25(30)29-13-10-26(11-14-29)9-12-27-17-26/h3-8,15-16,27H,9-14,17H2,1-2H3. The average Bonchev–Trinajstić information content (AvgIpc) is 3.21. The normalized spacial score (nSPS) is 18.3. The van der Waals surface area contributed by atoms with Crippen molar-refractivity contribution in [2.24, 2.45) is 5.41 Å². The fourth-order valence-electron chi connectivity index (χ4n) is 5.17. The van der Waals surface area contributed by atoms with Crippen LogP contribution in [-0.4, -0.2) is 42.0 Å². The zero-order chi connectivity index (χ0) is 20.7. The molecule has 2 aliphatic rings. The van der Waals surface area contributed by atoms with Crippen LogP contribution in [0.4, 0.5) is 0 Å². The summed E-state index contributed by atoms with van der Waals surface area (Å²) in [5.41, 5.74) is 6.45. The summed E-state index contributed by atoms with van der Waals surface area (Å²) in [6.45, 7) is 8.11. The van der Waals surface area contributed by atoms with Crippen molar-refractivity contribution in [2.75, 3.05) is 26.2 Å². The summed E-state index contributed by atoms with van der Waals surface area (Å²) in [5.74, 6) is 0.139. The second-order valence-electron chi connectivity index (χ2n) is 9.11. The van der Waals surface area contributed by atoms with E-state index in [4.69, 9.17) is 4.98 Å². The molecule has 2 fully saturated rings. The number of likely N-dealkylation sites (tertiary alicyclic amines) is 1. The molecule has 1 aromatic heterocycles. The quantitative estimate of drug-likeness (QED) is 0.677. The van der Waals surface area contributed by atoms with Gasteiger partial charge in [0.1, 0.15) is 0 Å². The van der Waals surface area contributed by atoms with Crippen molar-refractivity contribution in [1.29, 1.82) is 0 Å². The van der Waals surface area contributed by atoms with E-state index < -0.39 is 0 Å². The third-order valence-electron chi connectivity index (χ3n) is 7.05. The van der Waals surface area contributed by atoms with Gasteiger partial charge < -0.3 is 10.2 Å². The number of nitrogens with one attached hydrogen (secondary N) is 1. The van der Waals surface area contributed by atoms with E-state index in [0.717, 1.165) is 66.7 Å². The van der Waals surface area contributed by atoms with Crippen LogP contribution < -0.4 is 5.32 Å². The lowest BCUT2D eigenvalue weighted by atomic mass is 9.77. The van der Waals surface area contributed by atoms with Crippen LogP contribution in [-0.2, 0) is 0 Å².